The first-order chi connectivity index (χ1) is 17.0. The molecule has 1 saturated heterocycles. The molecule has 1 amide bonds. The highest BCUT2D eigenvalue weighted by atomic mass is 16.5. The van der Waals surface area contributed by atoms with Crippen LogP contribution >= 0.6 is 0 Å². The average molecular weight is 490 g/mol. The van der Waals surface area contributed by atoms with Crippen molar-refractivity contribution < 1.29 is 28.6 Å². The molecule has 188 valence electrons. The third kappa shape index (κ3) is 4.61. The smallest absolute Gasteiger partial charge is 0.296 e. The highest BCUT2D eigenvalue weighted by molar-refractivity contribution is 6.46. The lowest BCUT2D eigenvalue weighted by Crippen LogP contribution is -2.29. The van der Waals surface area contributed by atoms with Gasteiger partial charge in [-0.25, -0.2) is 0 Å². The molecule has 0 spiro atoms. The molecule has 1 aliphatic rings. The summed E-state index contributed by atoms with van der Waals surface area (Å²) in [6, 6.07) is 15.3. The Balaban J connectivity index is 1.90. The van der Waals surface area contributed by atoms with Crippen molar-refractivity contribution in [3.05, 3.63) is 88.4 Å². The van der Waals surface area contributed by atoms with E-state index in [1.54, 1.807) is 50.4 Å². The first kappa shape index (κ1) is 25.1. The lowest BCUT2D eigenvalue weighted by Gasteiger charge is -2.24. The number of hydrogen-bond donors (Lipinski definition) is 1. The molecule has 2 aromatic carbocycles. The van der Waals surface area contributed by atoms with Gasteiger partial charge in [0, 0.05) is 6.54 Å². The molecule has 0 radical (unpaired) electrons. The third-order valence-corrected chi connectivity index (χ3v) is 6.38. The molecular formula is C29H31NO6. The SMILES string of the molecule is COc1cccc(CN2C(=O)C(=O)/C(=C(/O)c3cc(C(C)(C)C)ccc3OC)C2c2ccc(C)o2)c1. The number of Topliss-reactive ketones (excluding diaryl/α,β-unsaturated/α-hetero) is 1. The van der Waals surface area contributed by atoms with Gasteiger partial charge in [-0.3, -0.25) is 9.59 Å². The second-order valence-electron chi connectivity index (χ2n) is 9.89. The molecule has 1 fully saturated rings. The highest BCUT2D eigenvalue weighted by Crippen LogP contribution is 2.43. The van der Waals surface area contributed by atoms with Crippen LogP contribution in [0.4, 0.5) is 0 Å². The highest BCUT2D eigenvalue weighted by Gasteiger charge is 2.48. The molecule has 0 bridgehead atoms. The van der Waals surface area contributed by atoms with Crippen molar-refractivity contribution in [1.29, 1.82) is 0 Å². The Kier molecular flexibility index (Phi) is 6.67. The lowest BCUT2D eigenvalue weighted by molar-refractivity contribution is -0.140. The normalized spacial score (nSPS) is 17.5. The van der Waals surface area contributed by atoms with Crippen molar-refractivity contribution in [1.82, 2.24) is 4.90 Å². The zero-order valence-electron chi connectivity index (χ0n) is 21.4. The van der Waals surface area contributed by atoms with Crippen molar-refractivity contribution in [2.75, 3.05) is 14.2 Å². The number of aliphatic hydroxyl groups excluding tert-OH is 1. The van der Waals surface area contributed by atoms with E-state index in [1.165, 1.54) is 12.0 Å². The van der Waals surface area contributed by atoms with Crippen LogP contribution in [0.5, 0.6) is 11.5 Å². The van der Waals surface area contributed by atoms with Gasteiger partial charge in [0.25, 0.3) is 11.7 Å². The van der Waals surface area contributed by atoms with Crippen LogP contribution in [-0.2, 0) is 21.5 Å². The van der Waals surface area contributed by atoms with E-state index < -0.39 is 17.7 Å². The van der Waals surface area contributed by atoms with Crippen LogP contribution in [-0.4, -0.2) is 35.9 Å². The van der Waals surface area contributed by atoms with Gasteiger partial charge in [-0.2, -0.15) is 0 Å². The van der Waals surface area contributed by atoms with Crippen molar-refractivity contribution in [3.8, 4) is 11.5 Å². The summed E-state index contributed by atoms with van der Waals surface area (Å²) in [5.41, 5.74) is 1.81. The van der Waals surface area contributed by atoms with Gasteiger partial charge in [-0.05, 0) is 59.9 Å². The molecule has 4 rings (SSSR count). The quantitative estimate of drug-likeness (QED) is 0.278. The van der Waals surface area contributed by atoms with E-state index in [4.69, 9.17) is 13.9 Å². The fraction of sp³-hybridized carbons (Fsp3) is 0.310. The summed E-state index contributed by atoms with van der Waals surface area (Å²) in [4.78, 5) is 28.1. The number of likely N-dealkylation sites (tertiary alicyclic amines) is 1. The van der Waals surface area contributed by atoms with Crippen molar-refractivity contribution in [3.63, 3.8) is 0 Å². The van der Waals surface area contributed by atoms with Crippen LogP contribution in [0.15, 0.2) is 64.6 Å². The van der Waals surface area contributed by atoms with Gasteiger partial charge in [-0.15, -0.1) is 0 Å². The molecule has 7 heteroatoms. The number of benzene rings is 2. The molecule has 0 aliphatic carbocycles. The first-order valence-electron chi connectivity index (χ1n) is 11.7. The van der Waals surface area contributed by atoms with E-state index in [-0.39, 0.29) is 23.3 Å². The van der Waals surface area contributed by atoms with E-state index in [1.807, 2.05) is 18.2 Å². The van der Waals surface area contributed by atoms with Crippen molar-refractivity contribution in [2.45, 2.75) is 45.7 Å². The van der Waals surface area contributed by atoms with E-state index in [9.17, 15) is 14.7 Å². The van der Waals surface area contributed by atoms with Crippen LogP contribution in [0.3, 0.4) is 0 Å². The Morgan fingerprint density at radius 1 is 1.03 bits per heavy atom. The van der Waals surface area contributed by atoms with Crippen LogP contribution in [0.25, 0.3) is 5.76 Å². The Hall–Kier alpha value is -4.00. The fourth-order valence-electron chi connectivity index (χ4n) is 4.41. The van der Waals surface area contributed by atoms with E-state index >= 15 is 0 Å². The van der Waals surface area contributed by atoms with Gasteiger partial charge in [0.15, 0.2) is 0 Å². The minimum Gasteiger partial charge on any atom is -0.507 e. The lowest BCUT2D eigenvalue weighted by atomic mass is 9.85. The number of carbonyl (C=O) groups excluding carboxylic acids is 2. The van der Waals surface area contributed by atoms with Crippen molar-refractivity contribution >= 4 is 17.4 Å². The van der Waals surface area contributed by atoms with Gasteiger partial charge in [0.2, 0.25) is 0 Å². The summed E-state index contributed by atoms with van der Waals surface area (Å²) in [6.45, 7) is 8.07. The Bertz CT molecular complexity index is 1340. The second-order valence-corrected chi connectivity index (χ2v) is 9.89. The predicted molar refractivity (Wildman–Crippen MR) is 136 cm³/mol. The molecule has 36 heavy (non-hydrogen) atoms. The molecule has 1 aliphatic heterocycles. The number of carbonyl (C=O) groups is 2. The Labute approximate surface area is 210 Å². The topological polar surface area (TPSA) is 89.2 Å². The van der Waals surface area contributed by atoms with E-state index in [0.29, 0.717) is 28.6 Å². The van der Waals surface area contributed by atoms with Crippen LogP contribution in [0.2, 0.25) is 0 Å². The number of furan rings is 1. The van der Waals surface area contributed by atoms with Crippen LogP contribution < -0.4 is 9.47 Å². The van der Waals surface area contributed by atoms with Gasteiger partial charge < -0.3 is 23.9 Å². The molecule has 2 heterocycles. The number of nitrogens with zero attached hydrogens (tertiary/aromatic N) is 1. The zero-order chi connectivity index (χ0) is 26.2. The summed E-state index contributed by atoms with van der Waals surface area (Å²) in [5, 5.41) is 11.6. The summed E-state index contributed by atoms with van der Waals surface area (Å²) >= 11 is 0. The fourth-order valence-corrected chi connectivity index (χ4v) is 4.41. The largest absolute Gasteiger partial charge is 0.507 e. The monoisotopic (exact) mass is 489 g/mol. The molecule has 1 unspecified atom stereocenters. The molecule has 7 nitrogen and oxygen atoms in total. The summed E-state index contributed by atoms with van der Waals surface area (Å²) in [7, 11) is 3.06. The molecule has 1 aromatic heterocycles. The average Bonchev–Trinajstić information content (AvgIpc) is 3.38. The number of rotatable bonds is 6. The third-order valence-electron chi connectivity index (χ3n) is 6.38. The second kappa shape index (κ2) is 9.57. The molecule has 0 saturated carbocycles. The van der Waals surface area contributed by atoms with Gasteiger partial charge in [0.1, 0.15) is 34.8 Å². The maximum Gasteiger partial charge on any atom is 0.296 e. The molecule has 1 N–H and O–H groups in total. The van der Waals surface area contributed by atoms with Gasteiger partial charge in [-0.1, -0.05) is 39.0 Å². The minimum absolute atomic E-state index is 0.0402. The van der Waals surface area contributed by atoms with E-state index in [2.05, 4.69) is 20.8 Å². The number of hydrogen-bond acceptors (Lipinski definition) is 6. The summed E-state index contributed by atoms with van der Waals surface area (Å²) in [6.07, 6.45) is 0. The molecular weight excluding hydrogens is 458 g/mol. The minimum atomic E-state index is -0.909. The number of aryl methyl sites for hydroxylation is 1. The number of methoxy groups -OCH3 is 2. The predicted octanol–water partition coefficient (Wildman–Crippen LogP) is 5.52. The number of aliphatic hydroxyl groups is 1. The van der Waals surface area contributed by atoms with E-state index in [0.717, 1.165) is 11.1 Å². The molecule has 3 aromatic rings. The summed E-state index contributed by atoms with van der Waals surface area (Å²) in [5.74, 6) is 0.254. The summed E-state index contributed by atoms with van der Waals surface area (Å²) < 4.78 is 16.7. The molecule has 1 atom stereocenters. The maximum atomic E-state index is 13.4. The number of amides is 1. The number of ketones is 1. The number of ether oxygens (including phenoxy) is 2. The Morgan fingerprint density at radius 3 is 2.39 bits per heavy atom. The zero-order valence-corrected chi connectivity index (χ0v) is 21.4. The Morgan fingerprint density at radius 2 is 1.78 bits per heavy atom. The van der Waals surface area contributed by atoms with Crippen molar-refractivity contribution in [2.24, 2.45) is 0 Å². The van der Waals surface area contributed by atoms with Crippen LogP contribution in [0.1, 0.15) is 55.0 Å². The maximum absolute atomic E-state index is 13.4. The first-order valence-corrected chi connectivity index (χ1v) is 11.7. The van der Waals surface area contributed by atoms with Crippen LogP contribution in [0, 0.1) is 6.92 Å². The van der Waals surface area contributed by atoms with Gasteiger partial charge >= 0.3 is 0 Å². The standard InChI is InChI=1S/C29H31NO6/c1-17-10-12-23(36-17)25-24(26(31)21-15-19(29(2,3)4)11-13-22(21)35-6)27(32)28(33)30(25)16-18-8-7-9-20(14-18)34-5/h7-15,25,31H,16H2,1-6H3/b26-24+. The van der Waals surface area contributed by atoms with Gasteiger partial charge in [0.05, 0.1) is 25.4 Å².